The second-order valence-corrected chi connectivity index (χ2v) is 5.71. The quantitative estimate of drug-likeness (QED) is 0.792. The number of hydrogen-bond donors (Lipinski definition) is 1. The first-order chi connectivity index (χ1) is 11.4. The Bertz CT molecular complexity index is 852. The number of nitrogens with zero attached hydrogens (tertiary/aromatic N) is 1. The third-order valence-corrected chi connectivity index (χ3v) is 3.60. The molecule has 0 aliphatic heterocycles. The highest BCUT2D eigenvalue weighted by Crippen LogP contribution is 2.13. The van der Waals surface area contributed by atoms with Gasteiger partial charge in [0.05, 0.1) is 6.61 Å². The molecule has 0 aliphatic rings. The fourth-order valence-electron chi connectivity index (χ4n) is 2.51. The highest BCUT2D eigenvalue weighted by molar-refractivity contribution is 5.27. The number of halogens is 1. The van der Waals surface area contributed by atoms with Gasteiger partial charge in [-0.1, -0.05) is 31.2 Å². The molecule has 2 rings (SSSR count). The molecule has 0 amide bonds. The van der Waals surface area contributed by atoms with Crippen molar-refractivity contribution in [2.75, 3.05) is 6.61 Å². The molecule has 5 nitrogen and oxygen atoms in total. The Morgan fingerprint density at radius 2 is 2.12 bits per heavy atom. The van der Waals surface area contributed by atoms with E-state index in [9.17, 15) is 14.0 Å². The molecule has 1 aromatic heterocycles. The van der Waals surface area contributed by atoms with Crippen molar-refractivity contribution >= 4 is 0 Å². The van der Waals surface area contributed by atoms with Crippen LogP contribution in [0.2, 0.25) is 0 Å². The number of H-pyrrole nitrogens is 1. The minimum atomic E-state index is -0.537. The zero-order valence-electron chi connectivity index (χ0n) is 13.9. The molecule has 6 heteroatoms. The van der Waals surface area contributed by atoms with Crippen molar-refractivity contribution in [2.24, 2.45) is 0 Å². The van der Waals surface area contributed by atoms with Crippen LogP contribution in [-0.2, 0) is 24.3 Å². The zero-order chi connectivity index (χ0) is 17.7. The summed E-state index contributed by atoms with van der Waals surface area (Å²) < 4.78 is 20.3. The first-order valence-corrected chi connectivity index (χ1v) is 7.73. The van der Waals surface area contributed by atoms with Gasteiger partial charge in [0.1, 0.15) is 12.5 Å². The van der Waals surface area contributed by atoms with E-state index >= 15 is 0 Å². The summed E-state index contributed by atoms with van der Waals surface area (Å²) in [5.41, 5.74) is 1.60. The van der Waals surface area contributed by atoms with Gasteiger partial charge in [0, 0.05) is 17.7 Å². The van der Waals surface area contributed by atoms with Crippen molar-refractivity contribution in [3.63, 3.8) is 0 Å². The molecule has 1 N–H and O–H groups in total. The van der Waals surface area contributed by atoms with Gasteiger partial charge in [-0.25, -0.2) is 9.18 Å². The summed E-state index contributed by atoms with van der Waals surface area (Å²) in [7, 11) is 0. The number of ether oxygens (including phenoxy) is 1. The van der Waals surface area contributed by atoms with Crippen LogP contribution in [0, 0.1) is 5.82 Å². The Morgan fingerprint density at radius 1 is 1.38 bits per heavy atom. The highest BCUT2D eigenvalue weighted by atomic mass is 19.1. The largest absolute Gasteiger partial charge is 0.356 e. The Kier molecular flexibility index (Phi) is 5.87. The monoisotopic (exact) mass is 332 g/mol. The van der Waals surface area contributed by atoms with Crippen molar-refractivity contribution in [2.45, 2.75) is 33.4 Å². The van der Waals surface area contributed by atoms with Gasteiger partial charge >= 0.3 is 5.69 Å². The lowest BCUT2D eigenvalue weighted by Crippen LogP contribution is -2.36. The van der Waals surface area contributed by atoms with Crippen molar-refractivity contribution in [1.82, 2.24) is 9.55 Å². The van der Waals surface area contributed by atoms with E-state index in [1.807, 2.05) is 13.8 Å². The average molecular weight is 332 g/mol. The molecule has 0 saturated heterocycles. The summed E-state index contributed by atoms with van der Waals surface area (Å²) in [6, 6.07) is 6.10. The molecule has 0 fully saturated rings. The lowest BCUT2D eigenvalue weighted by Gasteiger charge is -2.16. The third-order valence-electron chi connectivity index (χ3n) is 3.60. The highest BCUT2D eigenvalue weighted by Gasteiger charge is 2.14. The van der Waals surface area contributed by atoms with E-state index < -0.39 is 11.2 Å². The number of benzene rings is 1. The van der Waals surface area contributed by atoms with Crippen LogP contribution in [0.5, 0.6) is 0 Å². The van der Waals surface area contributed by atoms with Crippen molar-refractivity contribution < 1.29 is 9.13 Å². The predicted molar refractivity (Wildman–Crippen MR) is 90.7 cm³/mol. The Balaban J connectivity index is 2.46. The SMILES string of the molecule is C=C(C)COCn1c(Cc2cccc(F)c2)c(CC)c(=O)[nH]c1=O. The first kappa shape index (κ1) is 17.9. The Hall–Kier alpha value is -2.47. The number of nitrogens with one attached hydrogen (secondary N) is 1. The van der Waals surface area contributed by atoms with Gasteiger partial charge in [-0.2, -0.15) is 0 Å². The first-order valence-electron chi connectivity index (χ1n) is 7.73. The van der Waals surface area contributed by atoms with E-state index in [-0.39, 0.29) is 19.0 Å². The molecule has 2 aromatic rings. The van der Waals surface area contributed by atoms with Gasteiger partial charge in [-0.05, 0) is 31.0 Å². The summed E-state index contributed by atoms with van der Waals surface area (Å²) in [6.07, 6.45) is 0.733. The van der Waals surface area contributed by atoms with Crippen LogP contribution >= 0.6 is 0 Å². The average Bonchev–Trinajstić information content (AvgIpc) is 2.50. The molecule has 0 atom stereocenters. The topological polar surface area (TPSA) is 64.1 Å². The summed E-state index contributed by atoms with van der Waals surface area (Å²) in [4.78, 5) is 26.6. The van der Waals surface area contributed by atoms with Crippen LogP contribution in [0.1, 0.15) is 30.7 Å². The maximum atomic E-state index is 13.4. The molecule has 128 valence electrons. The van der Waals surface area contributed by atoms with Crippen LogP contribution in [0.15, 0.2) is 46.0 Å². The van der Waals surface area contributed by atoms with Gasteiger partial charge in [-0.15, -0.1) is 0 Å². The van der Waals surface area contributed by atoms with E-state index in [1.54, 1.807) is 12.1 Å². The van der Waals surface area contributed by atoms with E-state index in [1.165, 1.54) is 16.7 Å². The smallest absolute Gasteiger partial charge is 0.330 e. The maximum Gasteiger partial charge on any atom is 0.330 e. The molecule has 1 heterocycles. The van der Waals surface area contributed by atoms with Gasteiger partial charge in [-0.3, -0.25) is 14.3 Å². The lowest BCUT2D eigenvalue weighted by molar-refractivity contribution is 0.0894. The molecule has 24 heavy (non-hydrogen) atoms. The van der Waals surface area contributed by atoms with Crippen LogP contribution < -0.4 is 11.2 Å². The van der Waals surface area contributed by atoms with Gasteiger partial charge in [0.2, 0.25) is 0 Å². The molecule has 1 aromatic carbocycles. The number of aromatic amines is 1. The van der Waals surface area contributed by atoms with Crippen LogP contribution in [-0.4, -0.2) is 16.2 Å². The van der Waals surface area contributed by atoms with Gasteiger partial charge < -0.3 is 4.74 Å². The summed E-state index contributed by atoms with van der Waals surface area (Å²) >= 11 is 0. The number of aromatic nitrogens is 2. The molecule has 0 bridgehead atoms. The standard InChI is InChI=1S/C18H21FN2O3/c1-4-15-16(9-13-6-5-7-14(19)8-13)21(11-24-10-12(2)3)18(23)20-17(15)22/h5-8H,2,4,9-11H2,1,3H3,(H,20,22,23). The zero-order valence-corrected chi connectivity index (χ0v) is 13.9. The molecule has 0 spiro atoms. The summed E-state index contributed by atoms with van der Waals surface area (Å²) in [5, 5.41) is 0. The molecule has 0 radical (unpaired) electrons. The van der Waals surface area contributed by atoms with Crippen LogP contribution in [0.3, 0.4) is 0 Å². The third kappa shape index (κ3) is 4.29. The van der Waals surface area contributed by atoms with Crippen LogP contribution in [0.4, 0.5) is 4.39 Å². The molecule has 0 saturated carbocycles. The Morgan fingerprint density at radius 3 is 2.75 bits per heavy atom. The van der Waals surface area contributed by atoms with E-state index in [4.69, 9.17) is 4.74 Å². The minimum absolute atomic E-state index is 0.000121. The summed E-state index contributed by atoms with van der Waals surface area (Å²) in [6.45, 7) is 7.71. The lowest BCUT2D eigenvalue weighted by atomic mass is 10.0. The fraction of sp³-hybridized carbons (Fsp3) is 0.333. The maximum absolute atomic E-state index is 13.4. The second-order valence-electron chi connectivity index (χ2n) is 5.71. The normalized spacial score (nSPS) is 10.8. The summed E-state index contributed by atoms with van der Waals surface area (Å²) in [5.74, 6) is -0.359. The minimum Gasteiger partial charge on any atom is -0.356 e. The second kappa shape index (κ2) is 7.88. The van der Waals surface area contributed by atoms with Crippen molar-refractivity contribution in [3.8, 4) is 0 Å². The van der Waals surface area contributed by atoms with Gasteiger partial charge in [0.15, 0.2) is 0 Å². The molecule has 0 unspecified atom stereocenters. The Labute approximate surface area is 139 Å². The molecular weight excluding hydrogens is 311 g/mol. The van der Waals surface area contributed by atoms with Crippen LogP contribution in [0.25, 0.3) is 0 Å². The molecular formula is C18H21FN2O3. The number of hydrogen-bond acceptors (Lipinski definition) is 3. The molecule has 0 aliphatic carbocycles. The van der Waals surface area contributed by atoms with E-state index in [2.05, 4.69) is 11.6 Å². The van der Waals surface area contributed by atoms with E-state index in [0.717, 1.165) is 5.57 Å². The van der Waals surface area contributed by atoms with Gasteiger partial charge in [0.25, 0.3) is 5.56 Å². The van der Waals surface area contributed by atoms with E-state index in [0.29, 0.717) is 29.8 Å². The number of rotatable bonds is 7. The predicted octanol–water partition coefficient (Wildman–Crippen LogP) is 2.38. The fourth-order valence-corrected chi connectivity index (χ4v) is 2.51. The van der Waals surface area contributed by atoms with Crippen molar-refractivity contribution in [3.05, 3.63) is 79.9 Å². The van der Waals surface area contributed by atoms with Crippen molar-refractivity contribution in [1.29, 1.82) is 0 Å².